The first-order valence-corrected chi connectivity index (χ1v) is 6.16. The Morgan fingerprint density at radius 1 is 1.37 bits per heavy atom. The van der Waals surface area contributed by atoms with Crippen molar-refractivity contribution < 1.29 is 24.2 Å². The number of carbonyl (C=O) groups excluding carboxylic acids is 1. The van der Waals surface area contributed by atoms with E-state index in [1.54, 1.807) is 24.3 Å². The first-order valence-electron chi connectivity index (χ1n) is 6.16. The number of hydrogen-bond donors (Lipinski definition) is 1. The number of ether oxygens (including phenoxy) is 2. The second-order valence-corrected chi connectivity index (χ2v) is 4.79. The van der Waals surface area contributed by atoms with Crippen molar-refractivity contribution >= 4 is 11.9 Å². The number of carboxylic acids is 1. The van der Waals surface area contributed by atoms with Gasteiger partial charge < -0.3 is 14.6 Å². The summed E-state index contributed by atoms with van der Waals surface area (Å²) in [5, 5.41) is 9.08. The monoisotopic (exact) mass is 264 g/mol. The third-order valence-corrected chi connectivity index (χ3v) is 2.91. The van der Waals surface area contributed by atoms with Crippen LogP contribution in [0.1, 0.15) is 31.9 Å². The van der Waals surface area contributed by atoms with Gasteiger partial charge in [0, 0.05) is 0 Å². The Morgan fingerprint density at radius 3 is 2.53 bits per heavy atom. The topological polar surface area (TPSA) is 72.8 Å². The normalized spacial score (nSPS) is 22.4. The summed E-state index contributed by atoms with van der Waals surface area (Å²) in [6, 6.07) is 6.97. The van der Waals surface area contributed by atoms with Crippen molar-refractivity contribution in [1.29, 1.82) is 0 Å². The molecule has 2 atom stereocenters. The van der Waals surface area contributed by atoms with Crippen LogP contribution in [0.5, 0.6) is 5.75 Å². The Balaban J connectivity index is 2.17. The third-order valence-electron chi connectivity index (χ3n) is 2.91. The van der Waals surface area contributed by atoms with Gasteiger partial charge in [-0.25, -0.2) is 0 Å². The quantitative estimate of drug-likeness (QED) is 0.844. The van der Waals surface area contributed by atoms with Crippen LogP contribution in [-0.2, 0) is 14.3 Å². The Morgan fingerprint density at radius 2 is 2.00 bits per heavy atom. The lowest BCUT2D eigenvalue weighted by atomic mass is 9.95. The molecule has 1 aromatic rings. The summed E-state index contributed by atoms with van der Waals surface area (Å²) < 4.78 is 10.6. The summed E-state index contributed by atoms with van der Waals surface area (Å²) in [6.45, 7) is 3.85. The lowest BCUT2D eigenvalue weighted by Gasteiger charge is -2.15. The maximum Gasteiger partial charge on any atom is 0.311 e. The molecule has 5 nitrogen and oxygen atoms in total. The molecule has 1 aromatic carbocycles. The van der Waals surface area contributed by atoms with E-state index in [-0.39, 0.29) is 12.5 Å². The summed E-state index contributed by atoms with van der Waals surface area (Å²) in [5.41, 5.74) is 0.675. The van der Waals surface area contributed by atoms with Gasteiger partial charge in [0.05, 0.1) is 12.5 Å². The van der Waals surface area contributed by atoms with E-state index in [1.807, 2.05) is 13.8 Å². The molecule has 5 heteroatoms. The molecular weight excluding hydrogens is 248 g/mol. The first kappa shape index (κ1) is 13.4. The van der Waals surface area contributed by atoms with Crippen molar-refractivity contribution in [1.82, 2.24) is 0 Å². The van der Waals surface area contributed by atoms with Crippen molar-refractivity contribution in [3.63, 3.8) is 0 Å². The second kappa shape index (κ2) is 5.30. The average molecular weight is 264 g/mol. The van der Waals surface area contributed by atoms with E-state index < -0.39 is 24.0 Å². The molecule has 2 rings (SSSR count). The summed E-state index contributed by atoms with van der Waals surface area (Å²) in [6.07, 6.45) is -0.718. The van der Waals surface area contributed by atoms with Gasteiger partial charge in [0.25, 0.3) is 0 Å². The fourth-order valence-corrected chi connectivity index (χ4v) is 2.08. The molecule has 0 amide bonds. The molecule has 0 bridgehead atoms. The van der Waals surface area contributed by atoms with E-state index in [0.717, 1.165) is 0 Å². The van der Waals surface area contributed by atoms with Gasteiger partial charge in [-0.05, 0) is 31.5 Å². The summed E-state index contributed by atoms with van der Waals surface area (Å²) in [7, 11) is 0. The van der Waals surface area contributed by atoms with Crippen molar-refractivity contribution in [2.75, 3.05) is 0 Å². The van der Waals surface area contributed by atoms with Crippen LogP contribution in [0.25, 0.3) is 0 Å². The number of benzene rings is 1. The highest BCUT2D eigenvalue weighted by Gasteiger charge is 2.40. The third kappa shape index (κ3) is 3.05. The standard InChI is InChI=1S/C14H16O5/c1-8(2)18-10-5-3-9(4-6-10)13-11(14(16)17)7-12(15)19-13/h3-6,8,11,13H,7H2,1-2H3,(H,16,17)/t11-,13-/m0/s1. The zero-order valence-electron chi connectivity index (χ0n) is 10.8. The zero-order valence-corrected chi connectivity index (χ0v) is 10.8. The smallest absolute Gasteiger partial charge is 0.311 e. The minimum atomic E-state index is -1.02. The number of hydrogen-bond acceptors (Lipinski definition) is 4. The van der Waals surface area contributed by atoms with Crippen molar-refractivity contribution in [3.05, 3.63) is 29.8 Å². The van der Waals surface area contributed by atoms with Gasteiger partial charge in [-0.3, -0.25) is 9.59 Å². The molecule has 0 aromatic heterocycles. The number of carbonyl (C=O) groups is 2. The SMILES string of the molecule is CC(C)Oc1ccc([C@@H]2OC(=O)C[C@@H]2C(=O)O)cc1. The number of carboxylic acid groups (broad SMARTS) is 1. The highest BCUT2D eigenvalue weighted by atomic mass is 16.6. The van der Waals surface area contributed by atoms with Crippen molar-refractivity contribution in [2.45, 2.75) is 32.5 Å². The molecule has 0 aliphatic carbocycles. The van der Waals surface area contributed by atoms with Gasteiger partial charge in [-0.15, -0.1) is 0 Å². The molecule has 1 aliphatic rings. The van der Waals surface area contributed by atoms with E-state index in [1.165, 1.54) is 0 Å². The molecule has 1 N–H and O–H groups in total. The Hall–Kier alpha value is -2.04. The molecule has 1 heterocycles. The maximum absolute atomic E-state index is 11.2. The number of cyclic esters (lactones) is 1. The number of aliphatic carboxylic acids is 1. The first-order chi connectivity index (χ1) is 8.97. The minimum absolute atomic E-state index is 0.0712. The van der Waals surface area contributed by atoms with Crippen LogP contribution in [0.3, 0.4) is 0 Å². The van der Waals surface area contributed by atoms with E-state index in [2.05, 4.69) is 0 Å². The predicted molar refractivity (Wildman–Crippen MR) is 66.8 cm³/mol. The van der Waals surface area contributed by atoms with E-state index >= 15 is 0 Å². The van der Waals surface area contributed by atoms with E-state index in [0.29, 0.717) is 11.3 Å². The largest absolute Gasteiger partial charge is 0.491 e. The van der Waals surface area contributed by atoms with E-state index in [4.69, 9.17) is 14.6 Å². The zero-order chi connectivity index (χ0) is 14.0. The van der Waals surface area contributed by atoms with Gasteiger partial charge >= 0.3 is 11.9 Å². The molecule has 0 unspecified atom stereocenters. The summed E-state index contributed by atoms with van der Waals surface area (Å²) >= 11 is 0. The van der Waals surface area contributed by atoms with Crippen LogP contribution in [0.15, 0.2) is 24.3 Å². The highest BCUT2D eigenvalue weighted by Crippen LogP contribution is 2.36. The lowest BCUT2D eigenvalue weighted by molar-refractivity contribution is -0.144. The molecule has 1 saturated heterocycles. The van der Waals surface area contributed by atoms with Gasteiger partial charge in [0.2, 0.25) is 0 Å². The molecular formula is C14H16O5. The Kier molecular flexibility index (Phi) is 3.74. The second-order valence-electron chi connectivity index (χ2n) is 4.79. The minimum Gasteiger partial charge on any atom is -0.491 e. The van der Waals surface area contributed by atoms with Crippen LogP contribution >= 0.6 is 0 Å². The predicted octanol–water partition coefficient (Wildman–Crippen LogP) is 2.16. The molecule has 0 radical (unpaired) electrons. The summed E-state index contributed by atoms with van der Waals surface area (Å²) in [4.78, 5) is 22.3. The molecule has 1 aliphatic heterocycles. The van der Waals surface area contributed by atoms with Gasteiger partial charge in [-0.1, -0.05) is 12.1 Å². The molecule has 0 spiro atoms. The van der Waals surface area contributed by atoms with Crippen LogP contribution in [0.4, 0.5) is 0 Å². The van der Waals surface area contributed by atoms with Crippen LogP contribution in [0.2, 0.25) is 0 Å². The molecule has 102 valence electrons. The fraction of sp³-hybridized carbons (Fsp3) is 0.429. The lowest BCUT2D eigenvalue weighted by Crippen LogP contribution is -2.17. The molecule has 0 saturated carbocycles. The molecule has 1 fully saturated rings. The summed E-state index contributed by atoms with van der Waals surface area (Å²) in [5.74, 6) is -1.60. The van der Waals surface area contributed by atoms with Crippen molar-refractivity contribution in [3.8, 4) is 5.75 Å². The van der Waals surface area contributed by atoms with Crippen LogP contribution < -0.4 is 4.74 Å². The maximum atomic E-state index is 11.2. The van der Waals surface area contributed by atoms with Crippen molar-refractivity contribution in [2.24, 2.45) is 5.92 Å². The fourth-order valence-electron chi connectivity index (χ4n) is 2.08. The average Bonchev–Trinajstić information content (AvgIpc) is 2.72. The Bertz CT molecular complexity index is 477. The van der Waals surface area contributed by atoms with Crippen LogP contribution in [0, 0.1) is 5.92 Å². The van der Waals surface area contributed by atoms with E-state index in [9.17, 15) is 9.59 Å². The highest BCUT2D eigenvalue weighted by molar-refractivity contribution is 5.82. The molecule has 19 heavy (non-hydrogen) atoms. The Labute approximate surface area is 111 Å². The van der Waals surface area contributed by atoms with Gasteiger partial charge in [-0.2, -0.15) is 0 Å². The number of esters is 1. The number of rotatable bonds is 4. The van der Waals surface area contributed by atoms with Gasteiger partial charge in [0.15, 0.2) is 0 Å². The van der Waals surface area contributed by atoms with Gasteiger partial charge in [0.1, 0.15) is 17.8 Å². The van der Waals surface area contributed by atoms with Crippen LogP contribution in [-0.4, -0.2) is 23.1 Å².